The molecule has 0 aliphatic carbocycles. The van der Waals surface area contributed by atoms with Crippen molar-refractivity contribution in [2.75, 3.05) is 24.4 Å². The van der Waals surface area contributed by atoms with E-state index in [2.05, 4.69) is 45.3 Å². The Balaban J connectivity index is 2.17. The first-order valence-electron chi connectivity index (χ1n) is 12.7. The highest BCUT2D eigenvalue weighted by Gasteiger charge is 2.19. The van der Waals surface area contributed by atoms with E-state index >= 15 is 0 Å². The zero-order valence-electron chi connectivity index (χ0n) is 24.0. The number of aryl methyl sites for hydroxylation is 1. The van der Waals surface area contributed by atoms with E-state index in [-0.39, 0.29) is 17.0 Å². The Morgan fingerprint density at radius 2 is 1.84 bits per heavy atom. The van der Waals surface area contributed by atoms with Gasteiger partial charge >= 0.3 is 6.01 Å². The lowest BCUT2D eigenvalue weighted by molar-refractivity contribution is 0.202. The molecule has 0 spiro atoms. The van der Waals surface area contributed by atoms with Gasteiger partial charge in [0.05, 0.1) is 13.8 Å². The molecular formula is C20H23BrN6O4S. The van der Waals surface area contributed by atoms with Gasteiger partial charge in [-0.3, -0.25) is 4.72 Å². The summed E-state index contributed by atoms with van der Waals surface area (Å²) < 4.78 is 97.8. The number of ether oxygens (including phenoxy) is 2. The molecular weight excluding hydrogens is 500 g/mol. The van der Waals surface area contributed by atoms with Crippen molar-refractivity contribution in [3.63, 3.8) is 0 Å². The summed E-state index contributed by atoms with van der Waals surface area (Å²) in [7, 11) is -4.30. The minimum atomic E-state index is -4.30. The van der Waals surface area contributed by atoms with Crippen LogP contribution in [-0.4, -0.2) is 48.1 Å². The first kappa shape index (κ1) is 15.9. The van der Waals surface area contributed by atoms with Gasteiger partial charge in [0.25, 0.3) is 10.2 Å². The Morgan fingerprint density at radius 1 is 1.12 bits per heavy atom. The number of aromatic nitrogens is 4. The minimum Gasteiger partial charge on any atom is -0.473 e. The third-order valence-electron chi connectivity index (χ3n) is 3.57. The zero-order valence-corrected chi connectivity index (χ0v) is 19.4. The fraction of sp³-hybridized carbons (Fsp3) is 0.300. The van der Waals surface area contributed by atoms with Crippen molar-refractivity contribution in [2.45, 2.75) is 20.3 Å². The van der Waals surface area contributed by atoms with Crippen LogP contribution < -0.4 is 18.9 Å². The van der Waals surface area contributed by atoms with Gasteiger partial charge < -0.3 is 9.47 Å². The second kappa shape index (κ2) is 11.2. The summed E-state index contributed by atoms with van der Waals surface area (Å²) in [6.45, 7) is 0.0606. The van der Waals surface area contributed by atoms with Crippen molar-refractivity contribution in [3.8, 4) is 23.0 Å². The molecule has 170 valence electrons. The Kier molecular flexibility index (Phi) is 5.54. The summed E-state index contributed by atoms with van der Waals surface area (Å²) in [6.07, 6.45) is 2.57. The van der Waals surface area contributed by atoms with Crippen molar-refractivity contribution < 1.29 is 27.5 Å². The van der Waals surface area contributed by atoms with Crippen LogP contribution in [0.25, 0.3) is 11.1 Å². The summed E-state index contributed by atoms with van der Waals surface area (Å²) in [6, 6.07) is -2.41. The van der Waals surface area contributed by atoms with Crippen LogP contribution in [0.4, 0.5) is 5.82 Å². The fourth-order valence-electron chi connectivity index (χ4n) is 2.18. The summed E-state index contributed by atoms with van der Waals surface area (Å²) in [5, 5.41) is 0. The predicted octanol–water partition coefficient (Wildman–Crippen LogP) is 3.12. The van der Waals surface area contributed by atoms with Gasteiger partial charge in [0, 0.05) is 23.4 Å². The van der Waals surface area contributed by atoms with Crippen LogP contribution in [0.5, 0.6) is 11.9 Å². The number of halogens is 1. The molecule has 2 N–H and O–H groups in total. The van der Waals surface area contributed by atoms with Gasteiger partial charge in [-0.05, 0) is 36.6 Å². The van der Waals surface area contributed by atoms with Crippen molar-refractivity contribution >= 4 is 32.0 Å². The van der Waals surface area contributed by atoms with E-state index in [1.807, 2.05) is 0 Å². The van der Waals surface area contributed by atoms with Crippen LogP contribution in [0.2, 0.25) is 0 Å². The van der Waals surface area contributed by atoms with Crippen LogP contribution in [0.15, 0.2) is 47.3 Å². The molecule has 3 aromatic rings. The van der Waals surface area contributed by atoms with E-state index in [1.54, 1.807) is 13.8 Å². The van der Waals surface area contributed by atoms with Crippen LogP contribution >= 0.6 is 15.9 Å². The Morgan fingerprint density at radius 3 is 2.53 bits per heavy atom. The van der Waals surface area contributed by atoms with Crippen molar-refractivity contribution in [2.24, 2.45) is 0 Å². The number of benzene rings is 1. The average Bonchev–Trinajstić information content (AvgIpc) is 2.86. The molecule has 0 bridgehead atoms. The van der Waals surface area contributed by atoms with E-state index in [9.17, 15) is 8.42 Å². The van der Waals surface area contributed by atoms with E-state index in [0.717, 1.165) is 5.56 Å². The van der Waals surface area contributed by atoms with Crippen LogP contribution in [-0.2, 0) is 10.2 Å². The highest BCUT2D eigenvalue weighted by molar-refractivity contribution is 9.10. The van der Waals surface area contributed by atoms with Gasteiger partial charge in [-0.2, -0.15) is 13.1 Å². The maximum absolute atomic E-state index is 12.6. The van der Waals surface area contributed by atoms with E-state index in [0.29, 0.717) is 6.42 Å². The SMILES string of the molecule is [2H]c1nc(NS(=O)(=O)NCCC)c(-c2c([2H])c([2H])c(Br)c([2H])c2[2H])c(OC([2H])([2H])COc2ncc(C)cn2)n1. The molecule has 0 radical (unpaired) electrons. The normalized spacial score (nSPS) is 14.8. The second-order valence-electron chi connectivity index (χ2n) is 6.12. The van der Waals surface area contributed by atoms with Gasteiger partial charge in [0.15, 0.2) is 5.82 Å². The monoisotopic (exact) mass is 529 g/mol. The van der Waals surface area contributed by atoms with Crippen molar-refractivity contribution in [1.82, 2.24) is 24.7 Å². The quantitative estimate of drug-likeness (QED) is 0.387. The van der Waals surface area contributed by atoms with Gasteiger partial charge in [-0.25, -0.2) is 19.9 Å². The molecule has 12 heteroatoms. The lowest BCUT2D eigenvalue weighted by Gasteiger charge is -2.15. The molecule has 1 aromatic carbocycles. The maximum atomic E-state index is 12.6. The number of anilines is 1. The number of hydrogen-bond acceptors (Lipinski definition) is 8. The molecule has 0 atom stereocenters. The van der Waals surface area contributed by atoms with Gasteiger partial charge in [0.1, 0.15) is 20.8 Å². The van der Waals surface area contributed by atoms with Crippen molar-refractivity contribution in [3.05, 3.63) is 52.9 Å². The highest BCUT2D eigenvalue weighted by Crippen LogP contribution is 2.34. The minimum absolute atomic E-state index is 0.0488. The first-order chi connectivity index (χ1) is 18.2. The lowest BCUT2D eigenvalue weighted by atomic mass is 10.1. The first-order valence-corrected chi connectivity index (χ1v) is 11.5. The molecule has 3 rings (SSSR count). The smallest absolute Gasteiger partial charge is 0.316 e. The van der Waals surface area contributed by atoms with Gasteiger partial charge in [-0.15, -0.1) is 0 Å². The Bertz CT molecular complexity index is 1450. The maximum Gasteiger partial charge on any atom is 0.316 e. The standard InChI is InChI=1S/C20H23BrN6O4S/c1-3-8-26-32(28,29)27-18-17(15-4-6-16(21)7-5-15)19(25-13-24-18)30-9-10-31-20-22-11-14(2)12-23-20/h4-7,11-13,26H,3,8-10H2,1-2H3,(H,24,25,27)/i4D,5D,6D,7D,9D2,13D. The fourth-order valence-corrected chi connectivity index (χ4v) is 3.32. The molecule has 0 aliphatic heterocycles. The third-order valence-corrected chi connectivity index (χ3v) is 5.01. The highest BCUT2D eigenvalue weighted by atomic mass is 79.9. The third kappa shape index (κ3) is 6.84. The second-order valence-corrected chi connectivity index (χ2v) is 8.41. The lowest BCUT2D eigenvalue weighted by Crippen LogP contribution is -2.31. The van der Waals surface area contributed by atoms with Gasteiger partial charge in [-0.1, -0.05) is 34.9 Å². The van der Waals surface area contributed by atoms with E-state index in [4.69, 9.17) is 19.1 Å². The summed E-state index contributed by atoms with van der Waals surface area (Å²) in [5.74, 6) is -1.36. The number of nitrogens with zero attached hydrogens (tertiary/aromatic N) is 4. The predicted molar refractivity (Wildman–Crippen MR) is 124 cm³/mol. The Labute approximate surface area is 205 Å². The number of nitrogens with one attached hydrogen (secondary N) is 2. The zero-order chi connectivity index (χ0) is 29.1. The molecule has 0 fully saturated rings. The van der Waals surface area contributed by atoms with Crippen molar-refractivity contribution in [1.29, 1.82) is 0 Å². The molecule has 10 nitrogen and oxygen atoms in total. The number of hydrogen-bond donors (Lipinski definition) is 2. The van der Waals surface area contributed by atoms with Crippen LogP contribution in [0, 0.1) is 6.92 Å². The molecule has 0 unspecified atom stereocenters. The average molecular weight is 530 g/mol. The molecule has 2 heterocycles. The molecule has 0 saturated carbocycles. The molecule has 0 saturated heterocycles. The summed E-state index contributed by atoms with van der Waals surface area (Å²) in [5.41, 5.74) is -0.268. The van der Waals surface area contributed by atoms with Crippen LogP contribution in [0.3, 0.4) is 0 Å². The summed E-state index contributed by atoms with van der Waals surface area (Å²) in [4.78, 5) is 15.4. The van der Waals surface area contributed by atoms with E-state index < -0.39 is 76.7 Å². The Hall–Kier alpha value is -2.83. The molecule has 32 heavy (non-hydrogen) atoms. The molecule has 0 amide bonds. The van der Waals surface area contributed by atoms with E-state index in [1.165, 1.54) is 12.4 Å². The molecule has 0 aliphatic rings. The largest absolute Gasteiger partial charge is 0.473 e. The van der Waals surface area contributed by atoms with Gasteiger partial charge in [0.2, 0.25) is 5.88 Å². The summed E-state index contributed by atoms with van der Waals surface area (Å²) >= 11 is 2.99. The van der Waals surface area contributed by atoms with Crippen LogP contribution in [0.1, 0.15) is 28.5 Å². The number of rotatable bonds is 11. The molecule has 2 aromatic heterocycles. The topological polar surface area (TPSA) is 128 Å².